The number of benzene rings is 1. The Hall–Kier alpha value is -2.45. The summed E-state index contributed by atoms with van der Waals surface area (Å²) in [6.45, 7) is 6.45. The lowest BCUT2D eigenvalue weighted by Gasteiger charge is -2.32. The van der Waals surface area contributed by atoms with Gasteiger partial charge in [-0.25, -0.2) is 14.1 Å². The van der Waals surface area contributed by atoms with Crippen LogP contribution in [0.4, 0.5) is 5.82 Å². The van der Waals surface area contributed by atoms with Crippen LogP contribution in [-0.4, -0.2) is 79.0 Å². The quantitative estimate of drug-likeness (QED) is 0.0415. The second-order valence-electron chi connectivity index (χ2n) is 15.6. The third kappa shape index (κ3) is 11.6. The van der Waals surface area contributed by atoms with Crippen molar-refractivity contribution in [3.8, 4) is 0 Å². The van der Waals surface area contributed by atoms with Crippen molar-refractivity contribution >= 4 is 19.2 Å². The molecular weight excluding hydrogens is 723 g/mol. The average Bonchev–Trinajstić information content (AvgIpc) is 3.41. The first kappa shape index (κ1) is 43.7. The van der Waals surface area contributed by atoms with Crippen molar-refractivity contribution in [2.45, 2.75) is 172 Å². The smallest absolute Gasteiger partial charge is 0.386 e. The summed E-state index contributed by atoms with van der Waals surface area (Å²) in [5, 5.41) is 26.9. The number of phosphoric acid groups is 1. The van der Waals surface area contributed by atoms with Crippen LogP contribution >= 0.6 is 7.82 Å². The summed E-state index contributed by atoms with van der Waals surface area (Å²) < 4.78 is 44.0. The van der Waals surface area contributed by atoms with Crippen LogP contribution in [0.15, 0.2) is 48.8 Å². The Kier molecular flexibility index (Phi) is 16.5. The first-order valence-corrected chi connectivity index (χ1v) is 22.1. The molecule has 2 aliphatic rings. The highest BCUT2D eigenvalue weighted by atomic mass is 31.2. The lowest BCUT2D eigenvalue weighted by atomic mass is 9.91. The fourth-order valence-corrected chi connectivity index (χ4v) is 8.90. The van der Waals surface area contributed by atoms with Gasteiger partial charge in [0.2, 0.25) is 0 Å². The fraction of sp³-hybridized carbons (Fsp3) is 0.707. The molecule has 14 heteroatoms. The molecule has 5 rings (SSSR count). The molecule has 3 unspecified atom stereocenters. The van der Waals surface area contributed by atoms with E-state index >= 15 is 0 Å². The molecule has 1 saturated heterocycles. The molecule has 1 aliphatic heterocycles. The molecule has 8 atom stereocenters. The van der Waals surface area contributed by atoms with Gasteiger partial charge in [-0.15, -0.1) is 0 Å². The van der Waals surface area contributed by atoms with Gasteiger partial charge in [-0.2, -0.15) is 5.10 Å². The lowest BCUT2D eigenvalue weighted by Crippen LogP contribution is -2.46. The summed E-state index contributed by atoms with van der Waals surface area (Å²) in [7, 11) is -4.77. The number of hydrogen-bond acceptors (Lipinski definition) is 11. The number of ether oxygens (including phenoxy) is 3. The minimum absolute atomic E-state index is 0.155. The van der Waals surface area contributed by atoms with Crippen molar-refractivity contribution in [2.24, 2.45) is 0 Å². The molecule has 0 bridgehead atoms. The largest absolute Gasteiger partial charge is 0.473 e. The predicted molar refractivity (Wildman–Crippen MR) is 211 cm³/mol. The fourth-order valence-electron chi connectivity index (χ4n) is 7.73. The number of fused-ring (bicyclic) bond motifs is 2. The Bertz CT molecular complexity index is 1630. The van der Waals surface area contributed by atoms with E-state index in [1.807, 2.05) is 30.3 Å². The van der Waals surface area contributed by atoms with Gasteiger partial charge in [-0.1, -0.05) is 134 Å². The second kappa shape index (κ2) is 20.8. The third-order valence-corrected chi connectivity index (χ3v) is 12.3. The molecule has 5 N–H and O–H groups in total. The van der Waals surface area contributed by atoms with Crippen molar-refractivity contribution in [1.82, 2.24) is 14.6 Å². The standard InChI is InChI=1S/C41H65N4O9P/c1-4-5-6-7-8-9-10-11-12-13-14-15-16-17-18-22-27-50-29-34(51-28-32-23-20-19-21-24-32)31(2)53-55(48,49)54-37-36-41(37,47)39(46)40(3,52-36)35-26-25-33-38(42)43-30-44-45(33)35/h19-21,23-26,30-31,34,36-37,39,46-47H,4-18,22,27-29H2,1-3H3,(H,48,49)(H2,42,43,44)/t31?,34-,36-,37?,39+,40+,41+/m1/s1. The zero-order valence-electron chi connectivity index (χ0n) is 33.1. The maximum absolute atomic E-state index is 13.3. The first-order valence-electron chi connectivity index (χ1n) is 20.6. The van der Waals surface area contributed by atoms with Crippen molar-refractivity contribution < 1.29 is 42.9 Å². The number of nitrogen functional groups attached to an aromatic ring is 1. The second-order valence-corrected chi connectivity index (χ2v) is 17.0. The summed E-state index contributed by atoms with van der Waals surface area (Å²) >= 11 is 0. The Balaban J connectivity index is 1.01. The van der Waals surface area contributed by atoms with E-state index in [1.165, 1.54) is 101 Å². The molecular formula is C41H65N4O9P. The van der Waals surface area contributed by atoms with Gasteiger partial charge in [-0.3, -0.25) is 9.05 Å². The SMILES string of the molecule is CCCCCCCCCCCCCCCCCCOC[C@@H](OCc1ccccc1)C(C)OP(=O)(O)OC1[C@H]2O[C@@](C)(c3ccc4c(N)ncnn34)[C@H](O)[C@@]12O. The number of phosphoric ester groups is 1. The summed E-state index contributed by atoms with van der Waals surface area (Å²) in [5.41, 5.74) is 4.47. The van der Waals surface area contributed by atoms with Crippen molar-refractivity contribution in [3.63, 3.8) is 0 Å². The molecule has 0 radical (unpaired) electrons. The number of aliphatic hydroxyl groups is 2. The van der Waals surface area contributed by atoms with E-state index in [0.717, 1.165) is 18.4 Å². The van der Waals surface area contributed by atoms with E-state index in [2.05, 4.69) is 17.0 Å². The van der Waals surface area contributed by atoms with Crippen LogP contribution < -0.4 is 5.73 Å². The van der Waals surface area contributed by atoms with Crippen LogP contribution in [-0.2, 0) is 40.0 Å². The number of anilines is 1. The number of rotatable bonds is 28. The van der Waals surface area contributed by atoms with Crippen LogP contribution in [0.5, 0.6) is 0 Å². The first-order chi connectivity index (χ1) is 26.5. The molecule has 0 amide bonds. The molecule has 0 spiro atoms. The molecule has 2 aromatic heterocycles. The van der Waals surface area contributed by atoms with Gasteiger partial charge in [0.25, 0.3) is 0 Å². The number of aromatic nitrogens is 3. The molecule has 55 heavy (non-hydrogen) atoms. The summed E-state index contributed by atoms with van der Waals surface area (Å²) in [4.78, 5) is 14.8. The molecule has 1 aliphatic carbocycles. The number of nitrogens with two attached hydrogens (primary N) is 1. The number of aliphatic hydroxyl groups excluding tert-OH is 1. The normalized spacial score (nSPS) is 25.5. The van der Waals surface area contributed by atoms with E-state index < -0.39 is 49.5 Å². The minimum atomic E-state index is -4.77. The summed E-state index contributed by atoms with van der Waals surface area (Å²) in [6.07, 6.45) is 16.5. The van der Waals surface area contributed by atoms with Crippen LogP contribution in [0.2, 0.25) is 0 Å². The average molecular weight is 789 g/mol. The highest BCUT2D eigenvalue weighted by Gasteiger charge is 2.82. The summed E-state index contributed by atoms with van der Waals surface area (Å²) in [6, 6.07) is 13.0. The number of nitrogens with zero attached hydrogens (tertiary/aromatic N) is 3. The van der Waals surface area contributed by atoms with Gasteiger partial charge < -0.3 is 35.1 Å². The predicted octanol–water partition coefficient (Wildman–Crippen LogP) is 7.79. The van der Waals surface area contributed by atoms with Crippen molar-refractivity contribution in [3.05, 3.63) is 60.0 Å². The highest BCUT2D eigenvalue weighted by molar-refractivity contribution is 7.47. The maximum Gasteiger partial charge on any atom is 0.473 e. The van der Waals surface area contributed by atoms with Crippen LogP contribution in [0.25, 0.3) is 5.52 Å². The highest BCUT2D eigenvalue weighted by Crippen LogP contribution is 2.63. The zero-order chi connectivity index (χ0) is 39.3. The van der Waals surface area contributed by atoms with Gasteiger partial charge >= 0.3 is 7.82 Å². The molecule has 13 nitrogen and oxygen atoms in total. The van der Waals surface area contributed by atoms with E-state index in [0.29, 0.717) is 17.8 Å². The number of hydrogen-bond donors (Lipinski definition) is 4. The number of unbranched alkanes of at least 4 members (excludes halogenated alkanes) is 15. The summed E-state index contributed by atoms with van der Waals surface area (Å²) in [5.74, 6) is 0.242. The van der Waals surface area contributed by atoms with Gasteiger partial charge in [0, 0.05) is 6.61 Å². The molecule has 1 saturated carbocycles. The Morgan fingerprint density at radius 1 is 0.927 bits per heavy atom. The van der Waals surface area contributed by atoms with E-state index in [-0.39, 0.29) is 19.0 Å². The zero-order valence-corrected chi connectivity index (χ0v) is 34.0. The molecule has 1 aromatic carbocycles. The van der Waals surface area contributed by atoms with Crippen LogP contribution in [0, 0.1) is 0 Å². The maximum atomic E-state index is 13.3. The van der Waals surface area contributed by atoms with E-state index in [4.69, 9.17) is 29.0 Å². The third-order valence-electron chi connectivity index (χ3n) is 11.2. The minimum Gasteiger partial charge on any atom is -0.386 e. The van der Waals surface area contributed by atoms with Crippen LogP contribution in [0.1, 0.15) is 135 Å². The van der Waals surface area contributed by atoms with Crippen molar-refractivity contribution in [2.75, 3.05) is 18.9 Å². The van der Waals surface area contributed by atoms with Crippen LogP contribution in [0.3, 0.4) is 0 Å². The monoisotopic (exact) mass is 788 g/mol. The Morgan fingerprint density at radius 3 is 2.11 bits per heavy atom. The van der Waals surface area contributed by atoms with Gasteiger partial charge in [-0.05, 0) is 38.0 Å². The van der Waals surface area contributed by atoms with Gasteiger partial charge in [0.15, 0.2) is 11.4 Å². The van der Waals surface area contributed by atoms with Crippen molar-refractivity contribution in [1.29, 1.82) is 0 Å². The lowest BCUT2D eigenvalue weighted by molar-refractivity contribution is -0.128. The molecule has 3 heterocycles. The Labute approximate surface area is 326 Å². The Morgan fingerprint density at radius 2 is 1.53 bits per heavy atom. The van der Waals surface area contributed by atoms with Gasteiger partial charge in [0.05, 0.1) is 25.0 Å². The molecule has 308 valence electrons. The molecule has 3 aromatic rings. The van der Waals surface area contributed by atoms with E-state index in [9.17, 15) is 19.7 Å². The van der Waals surface area contributed by atoms with E-state index in [1.54, 1.807) is 26.0 Å². The van der Waals surface area contributed by atoms with Gasteiger partial charge in [0.1, 0.15) is 41.9 Å². The molecule has 2 fully saturated rings. The topological polar surface area (TPSA) is 180 Å².